The fourth-order valence-electron chi connectivity index (χ4n) is 2.45. The number of likely N-dealkylation sites (N-methyl/N-ethyl adjacent to an activating group) is 1. The van der Waals surface area contributed by atoms with Crippen LogP contribution < -0.4 is 0 Å². The Morgan fingerprint density at radius 1 is 0.852 bits per heavy atom. The molecule has 1 fully saturated rings. The Bertz CT molecular complexity index is 597. The van der Waals surface area contributed by atoms with Gasteiger partial charge in [0.2, 0.25) is 0 Å². The third-order valence-electron chi connectivity index (χ3n) is 4.08. The molecule has 1 aliphatic rings. The molecule has 0 unspecified atom stereocenters. The van der Waals surface area contributed by atoms with E-state index < -0.39 is 0 Å². The summed E-state index contributed by atoms with van der Waals surface area (Å²) in [5.74, 6) is 0. The van der Waals surface area contributed by atoms with E-state index in [0.717, 1.165) is 31.9 Å². The zero-order valence-electron chi connectivity index (χ0n) is 18.5. The third kappa shape index (κ3) is 9.95. The molecule has 0 amide bonds. The van der Waals surface area contributed by atoms with Gasteiger partial charge in [-0.2, -0.15) is 0 Å². The van der Waals surface area contributed by atoms with Crippen molar-refractivity contribution in [3.05, 3.63) is 72.1 Å². The van der Waals surface area contributed by atoms with E-state index >= 15 is 0 Å². The molecule has 1 aromatic heterocycles. The summed E-state index contributed by atoms with van der Waals surface area (Å²) < 4.78 is 0. The van der Waals surface area contributed by atoms with E-state index in [-0.39, 0.29) is 0 Å². The van der Waals surface area contributed by atoms with Gasteiger partial charge in [0, 0.05) is 44.3 Å². The molecule has 0 atom stereocenters. The van der Waals surface area contributed by atoms with Crippen LogP contribution in [0.25, 0.3) is 5.70 Å². The molecular weight excluding hydrogens is 330 g/mol. The van der Waals surface area contributed by atoms with Crippen molar-refractivity contribution in [3.63, 3.8) is 0 Å². The van der Waals surface area contributed by atoms with Gasteiger partial charge in [0.1, 0.15) is 0 Å². The molecule has 3 heteroatoms. The van der Waals surface area contributed by atoms with Gasteiger partial charge < -0.3 is 9.80 Å². The van der Waals surface area contributed by atoms with Crippen LogP contribution in [0.3, 0.4) is 0 Å². The maximum Gasteiger partial charge on any atom is 0.0367 e. The molecule has 3 nitrogen and oxygen atoms in total. The topological polar surface area (TPSA) is 19.4 Å². The van der Waals surface area contributed by atoms with E-state index in [0.29, 0.717) is 0 Å². The highest BCUT2D eigenvalue weighted by Crippen LogP contribution is 2.19. The van der Waals surface area contributed by atoms with Gasteiger partial charge in [0.05, 0.1) is 0 Å². The average molecular weight is 370 g/mol. The van der Waals surface area contributed by atoms with Crippen LogP contribution in [0.15, 0.2) is 55.4 Å². The maximum atomic E-state index is 4.21. The summed E-state index contributed by atoms with van der Waals surface area (Å²) in [5.41, 5.74) is 4.92. The smallest absolute Gasteiger partial charge is 0.0367 e. The monoisotopic (exact) mass is 369 g/mol. The summed E-state index contributed by atoms with van der Waals surface area (Å²) in [7, 11) is 2.17. The normalized spacial score (nSPS) is 13.1. The van der Waals surface area contributed by atoms with Gasteiger partial charge in [-0.25, -0.2) is 0 Å². The minimum absolute atomic E-state index is 1.09. The van der Waals surface area contributed by atoms with Crippen LogP contribution >= 0.6 is 0 Å². The van der Waals surface area contributed by atoms with Crippen molar-refractivity contribution in [1.29, 1.82) is 0 Å². The first-order chi connectivity index (χ1) is 13.1. The number of benzene rings is 1. The fourth-order valence-corrected chi connectivity index (χ4v) is 2.45. The summed E-state index contributed by atoms with van der Waals surface area (Å²) in [6.07, 6.45) is 3.60. The first kappa shape index (κ1) is 24.9. The van der Waals surface area contributed by atoms with E-state index in [1.165, 1.54) is 16.7 Å². The van der Waals surface area contributed by atoms with Gasteiger partial charge in [-0.1, -0.05) is 70.2 Å². The maximum absolute atomic E-state index is 4.21. The van der Waals surface area contributed by atoms with Crippen molar-refractivity contribution < 1.29 is 0 Å². The summed E-state index contributed by atoms with van der Waals surface area (Å²) in [6.45, 7) is 20.8. The lowest BCUT2D eigenvalue weighted by Crippen LogP contribution is -2.43. The summed E-state index contributed by atoms with van der Waals surface area (Å²) >= 11 is 0. The van der Waals surface area contributed by atoms with Crippen LogP contribution in [0.5, 0.6) is 0 Å². The number of aromatic nitrogens is 1. The molecule has 0 spiro atoms. The summed E-state index contributed by atoms with van der Waals surface area (Å²) in [5, 5.41) is 0. The molecule has 0 saturated carbocycles. The van der Waals surface area contributed by atoms with E-state index in [2.05, 4.69) is 59.6 Å². The van der Waals surface area contributed by atoms with Gasteiger partial charge in [0.15, 0.2) is 0 Å². The van der Waals surface area contributed by atoms with Gasteiger partial charge >= 0.3 is 0 Å². The number of nitrogens with zero attached hydrogens (tertiary/aromatic N) is 3. The van der Waals surface area contributed by atoms with Gasteiger partial charge in [-0.05, 0) is 38.1 Å². The number of hydrogen-bond donors (Lipinski definition) is 0. The Kier molecular flexibility index (Phi) is 13.8. The van der Waals surface area contributed by atoms with Crippen molar-refractivity contribution in [2.75, 3.05) is 33.2 Å². The predicted molar refractivity (Wildman–Crippen MR) is 121 cm³/mol. The molecule has 27 heavy (non-hydrogen) atoms. The Hall–Kier alpha value is -2.13. The highest BCUT2D eigenvalue weighted by Gasteiger charge is 2.15. The second kappa shape index (κ2) is 15.0. The molecule has 0 aliphatic carbocycles. The van der Waals surface area contributed by atoms with Gasteiger partial charge in [0.25, 0.3) is 0 Å². The van der Waals surface area contributed by atoms with Crippen molar-refractivity contribution >= 4 is 5.70 Å². The van der Waals surface area contributed by atoms with E-state index in [1.54, 1.807) is 6.20 Å². The molecule has 0 radical (unpaired) electrons. The van der Waals surface area contributed by atoms with Gasteiger partial charge in [-0.15, -0.1) is 0 Å². The molecule has 1 aromatic carbocycles. The molecule has 3 rings (SSSR count). The molecule has 0 bridgehead atoms. The largest absolute Gasteiger partial charge is 0.369 e. The SMILES string of the molecule is C=C(c1ccc(C)cc1)N1CCN(C)CC1.CC.CC.Cc1cccnc1. The van der Waals surface area contributed by atoms with Crippen molar-refractivity contribution in [1.82, 2.24) is 14.8 Å². The number of piperazine rings is 1. The van der Waals surface area contributed by atoms with E-state index in [4.69, 9.17) is 0 Å². The summed E-state index contributed by atoms with van der Waals surface area (Å²) in [6, 6.07) is 12.6. The Balaban J connectivity index is 0.000000514. The lowest BCUT2D eigenvalue weighted by atomic mass is 10.1. The number of rotatable bonds is 2. The number of pyridine rings is 1. The van der Waals surface area contributed by atoms with Crippen molar-refractivity contribution in [2.45, 2.75) is 41.5 Å². The highest BCUT2D eigenvalue weighted by molar-refractivity contribution is 5.62. The van der Waals surface area contributed by atoms with Crippen molar-refractivity contribution in [3.8, 4) is 0 Å². The molecular formula is C24H39N3. The van der Waals surface area contributed by atoms with Crippen molar-refractivity contribution in [2.24, 2.45) is 0 Å². The lowest BCUT2D eigenvalue weighted by molar-refractivity contribution is 0.207. The number of aryl methyl sites for hydroxylation is 2. The van der Waals surface area contributed by atoms with Crippen LogP contribution in [-0.2, 0) is 0 Å². The Morgan fingerprint density at radius 3 is 1.81 bits per heavy atom. The molecule has 150 valence electrons. The third-order valence-corrected chi connectivity index (χ3v) is 4.08. The predicted octanol–water partition coefficient (Wildman–Crippen LogP) is 5.66. The van der Waals surface area contributed by atoms with Crippen LogP contribution in [0, 0.1) is 13.8 Å². The van der Waals surface area contributed by atoms with Crippen LogP contribution in [-0.4, -0.2) is 48.0 Å². The minimum atomic E-state index is 1.09. The molecule has 2 heterocycles. The zero-order valence-corrected chi connectivity index (χ0v) is 18.5. The standard InChI is InChI=1S/C14H20N2.C6H7N.2C2H6/c1-12-4-6-14(7-5-12)13(2)16-10-8-15(3)9-11-16;1-6-3-2-4-7-5-6;2*1-2/h4-7H,2,8-11H2,1,3H3;2-5H,1H3;2*1-2H3. The second-order valence-electron chi connectivity index (χ2n) is 6.13. The fraction of sp³-hybridized carbons (Fsp3) is 0.458. The molecule has 1 aliphatic heterocycles. The molecule has 0 N–H and O–H groups in total. The number of hydrogen-bond acceptors (Lipinski definition) is 3. The minimum Gasteiger partial charge on any atom is -0.369 e. The van der Waals surface area contributed by atoms with Crippen LogP contribution in [0.2, 0.25) is 0 Å². The quantitative estimate of drug-likeness (QED) is 0.681. The second-order valence-corrected chi connectivity index (χ2v) is 6.13. The van der Waals surface area contributed by atoms with E-state index in [1.807, 2.05) is 52.9 Å². The average Bonchev–Trinajstić information content (AvgIpc) is 2.73. The molecule has 2 aromatic rings. The summed E-state index contributed by atoms with van der Waals surface area (Å²) in [4.78, 5) is 8.62. The molecule has 1 saturated heterocycles. The first-order valence-electron chi connectivity index (χ1n) is 10.1. The Labute approximate surface area is 167 Å². The Morgan fingerprint density at radius 2 is 1.41 bits per heavy atom. The lowest BCUT2D eigenvalue weighted by Gasteiger charge is -2.35. The van der Waals surface area contributed by atoms with E-state index in [9.17, 15) is 0 Å². The van der Waals surface area contributed by atoms with Crippen LogP contribution in [0.1, 0.15) is 44.4 Å². The van der Waals surface area contributed by atoms with Gasteiger partial charge in [-0.3, -0.25) is 4.98 Å². The van der Waals surface area contributed by atoms with Crippen LogP contribution in [0.4, 0.5) is 0 Å². The first-order valence-corrected chi connectivity index (χ1v) is 10.1. The highest BCUT2D eigenvalue weighted by atomic mass is 15.2. The zero-order chi connectivity index (χ0) is 20.7.